The zero-order valence-corrected chi connectivity index (χ0v) is 29.3. The van der Waals surface area contributed by atoms with E-state index in [1.54, 1.807) is 0 Å². The van der Waals surface area contributed by atoms with Gasteiger partial charge in [0.2, 0.25) is 0 Å². The molecule has 4 heterocycles. The summed E-state index contributed by atoms with van der Waals surface area (Å²) in [6.45, 7) is 0.832. The van der Waals surface area contributed by atoms with Gasteiger partial charge in [0.05, 0.1) is 11.0 Å². The summed E-state index contributed by atoms with van der Waals surface area (Å²) in [5, 5.41) is 11.4. The monoisotopic (exact) mass is 687 g/mol. The summed E-state index contributed by atoms with van der Waals surface area (Å²) in [5.41, 5.74) is 11.2. The van der Waals surface area contributed by atoms with Crippen molar-refractivity contribution >= 4 is 81.0 Å². The molecule has 0 spiro atoms. The maximum atomic E-state index is 6.43. The Morgan fingerprint density at radius 2 is 1.27 bits per heavy atom. The molecule has 52 heavy (non-hydrogen) atoms. The zero-order chi connectivity index (χ0) is 34.3. The minimum atomic E-state index is -0.0791. The minimum Gasteiger partial charge on any atom is -0.455 e. The molecule has 11 rings (SSSR count). The molecule has 0 saturated carbocycles. The number of hydrogen-bond acceptors (Lipinski definition) is 4. The van der Waals surface area contributed by atoms with Crippen LogP contribution in [-0.2, 0) is 0 Å². The molecule has 1 N–H and O–H groups in total. The van der Waals surface area contributed by atoms with Crippen LogP contribution in [0.4, 0.5) is 0 Å². The Bertz CT molecular complexity index is 3070. The second-order valence-electron chi connectivity index (χ2n) is 13.9. The molecule has 0 saturated heterocycles. The lowest BCUT2D eigenvalue weighted by molar-refractivity contribution is 0.175. The predicted octanol–water partition coefficient (Wildman–Crippen LogP) is 12.4. The average molecular weight is 688 g/mol. The van der Waals surface area contributed by atoms with Crippen LogP contribution in [0.15, 0.2) is 162 Å². The van der Waals surface area contributed by atoms with E-state index in [1.165, 1.54) is 58.7 Å². The second kappa shape index (κ2) is 11.4. The number of furan rings is 1. The first-order valence-electron chi connectivity index (χ1n) is 17.8. The van der Waals surface area contributed by atoms with Crippen molar-refractivity contribution < 1.29 is 4.42 Å². The van der Waals surface area contributed by atoms with Crippen molar-refractivity contribution in [2.24, 2.45) is 0 Å². The highest BCUT2D eigenvalue weighted by molar-refractivity contribution is 7.25. The van der Waals surface area contributed by atoms with Crippen molar-refractivity contribution in [3.05, 3.63) is 163 Å². The molecule has 1 aliphatic rings. The van der Waals surface area contributed by atoms with Gasteiger partial charge in [0, 0.05) is 59.5 Å². The Labute approximate surface area is 304 Å². The van der Waals surface area contributed by atoms with E-state index in [2.05, 4.69) is 167 Å². The van der Waals surface area contributed by atoms with Gasteiger partial charge in [-0.15, -0.1) is 11.3 Å². The smallest absolute Gasteiger partial charge is 0.162 e. The number of benzene rings is 7. The Morgan fingerprint density at radius 1 is 0.558 bits per heavy atom. The topological polar surface area (TPSA) is 33.3 Å². The van der Waals surface area contributed by atoms with E-state index in [4.69, 9.17) is 4.42 Å². The van der Waals surface area contributed by atoms with Gasteiger partial charge in [0.15, 0.2) is 6.29 Å². The molecule has 1 aliphatic heterocycles. The Kier molecular flexibility index (Phi) is 6.51. The number of hydrogen-bond donors (Lipinski definition) is 1. The molecule has 3 aromatic heterocycles. The highest BCUT2D eigenvalue weighted by Gasteiger charge is 2.26. The van der Waals surface area contributed by atoms with Crippen molar-refractivity contribution in [3.8, 4) is 22.3 Å². The van der Waals surface area contributed by atoms with E-state index in [9.17, 15) is 0 Å². The highest BCUT2D eigenvalue weighted by atomic mass is 32.1. The van der Waals surface area contributed by atoms with Gasteiger partial charge in [-0.3, -0.25) is 4.90 Å². The average Bonchev–Trinajstić information content (AvgIpc) is 3.87. The van der Waals surface area contributed by atoms with Crippen LogP contribution >= 0.6 is 11.3 Å². The number of nitrogens with one attached hydrogen (secondary N) is 1. The maximum absolute atomic E-state index is 6.43. The lowest BCUT2D eigenvalue weighted by Crippen LogP contribution is -2.42. The lowest BCUT2D eigenvalue weighted by atomic mass is 9.97. The Hall–Kier alpha value is -6.14. The third kappa shape index (κ3) is 4.50. The van der Waals surface area contributed by atoms with Crippen molar-refractivity contribution in [2.75, 3.05) is 13.6 Å². The normalized spacial score (nSPS) is 15.3. The SMILES string of the molecule is CN1CC=C(c2ccc3sc4ccccc4c3c2)NC1n1c2ccccc2c2ccc(-c3cccc(-c4cccc5c4oc4ccccc45)c3)cc21. The molecule has 0 radical (unpaired) electrons. The summed E-state index contributed by atoms with van der Waals surface area (Å²) >= 11 is 1.86. The fraction of sp³-hybridized carbons (Fsp3) is 0.0638. The van der Waals surface area contributed by atoms with Crippen LogP contribution in [0.5, 0.6) is 0 Å². The molecule has 1 unspecified atom stereocenters. The van der Waals surface area contributed by atoms with E-state index >= 15 is 0 Å². The van der Waals surface area contributed by atoms with E-state index in [0.717, 1.165) is 45.3 Å². The number of aromatic nitrogens is 1. The molecule has 0 amide bonds. The summed E-state index contributed by atoms with van der Waals surface area (Å²) in [7, 11) is 2.20. The first kappa shape index (κ1) is 29.6. The number of para-hydroxylation sites is 3. The molecule has 0 fully saturated rings. The molecule has 248 valence electrons. The number of thiophene rings is 1. The third-order valence-electron chi connectivity index (χ3n) is 10.8. The fourth-order valence-corrected chi connectivity index (χ4v) is 9.37. The Morgan fingerprint density at radius 3 is 2.21 bits per heavy atom. The van der Waals surface area contributed by atoms with Crippen molar-refractivity contribution in [3.63, 3.8) is 0 Å². The van der Waals surface area contributed by atoms with Crippen LogP contribution in [0.1, 0.15) is 11.9 Å². The molecule has 5 heteroatoms. The number of rotatable bonds is 4. The van der Waals surface area contributed by atoms with Gasteiger partial charge < -0.3 is 14.3 Å². The van der Waals surface area contributed by atoms with Crippen LogP contribution in [-0.4, -0.2) is 23.1 Å². The van der Waals surface area contributed by atoms with Gasteiger partial charge in [0.1, 0.15) is 11.2 Å². The lowest BCUT2D eigenvalue weighted by Gasteiger charge is -2.36. The van der Waals surface area contributed by atoms with Crippen LogP contribution in [0, 0.1) is 0 Å². The van der Waals surface area contributed by atoms with Crippen LogP contribution in [0.3, 0.4) is 0 Å². The molecule has 7 aromatic carbocycles. The van der Waals surface area contributed by atoms with Gasteiger partial charge in [-0.25, -0.2) is 0 Å². The quantitative estimate of drug-likeness (QED) is 0.200. The number of nitrogens with zero attached hydrogens (tertiary/aromatic N) is 2. The van der Waals surface area contributed by atoms with Crippen LogP contribution < -0.4 is 5.32 Å². The predicted molar refractivity (Wildman–Crippen MR) is 220 cm³/mol. The van der Waals surface area contributed by atoms with E-state index in [1.807, 2.05) is 23.5 Å². The van der Waals surface area contributed by atoms with Gasteiger partial charge in [-0.05, 0) is 77.8 Å². The largest absolute Gasteiger partial charge is 0.455 e. The molecular formula is C47H33N3OS. The first-order valence-corrected chi connectivity index (χ1v) is 18.6. The van der Waals surface area contributed by atoms with E-state index < -0.39 is 0 Å². The zero-order valence-electron chi connectivity index (χ0n) is 28.5. The van der Waals surface area contributed by atoms with E-state index in [0.29, 0.717) is 0 Å². The molecule has 0 bridgehead atoms. The summed E-state index contributed by atoms with van der Waals surface area (Å²) in [5.74, 6) is 0. The molecule has 4 nitrogen and oxygen atoms in total. The molecule has 1 atom stereocenters. The van der Waals surface area contributed by atoms with E-state index in [-0.39, 0.29) is 6.29 Å². The van der Waals surface area contributed by atoms with Crippen molar-refractivity contribution in [1.82, 2.24) is 14.8 Å². The van der Waals surface area contributed by atoms with Gasteiger partial charge in [-0.1, -0.05) is 109 Å². The number of likely N-dealkylation sites (N-methyl/N-ethyl adjacent to an activating group) is 1. The van der Waals surface area contributed by atoms with Crippen LogP contribution in [0.25, 0.3) is 91.9 Å². The Balaban J connectivity index is 1.02. The van der Waals surface area contributed by atoms with Crippen LogP contribution in [0.2, 0.25) is 0 Å². The van der Waals surface area contributed by atoms with Gasteiger partial charge in [-0.2, -0.15) is 0 Å². The number of fused-ring (bicyclic) bond motifs is 9. The molecule has 10 aromatic rings. The summed E-state index contributed by atoms with van der Waals surface area (Å²) in [6, 6.07) is 54.9. The van der Waals surface area contributed by atoms with Gasteiger partial charge >= 0.3 is 0 Å². The summed E-state index contributed by atoms with van der Waals surface area (Å²) in [4.78, 5) is 2.38. The fourth-order valence-electron chi connectivity index (χ4n) is 8.28. The molecule has 0 aliphatic carbocycles. The van der Waals surface area contributed by atoms with Crippen molar-refractivity contribution in [1.29, 1.82) is 0 Å². The highest BCUT2D eigenvalue weighted by Crippen LogP contribution is 2.40. The van der Waals surface area contributed by atoms with Gasteiger partial charge in [0.25, 0.3) is 0 Å². The third-order valence-corrected chi connectivity index (χ3v) is 12.0. The van der Waals surface area contributed by atoms with Crippen molar-refractivity contribution in [2.45, 2.75) is 6.29 Å². The summed E-state index contributed by atoms with van der Waals surface area (Å²) < 4.78 is 11.6. The second-order valence-corrected chi connectivity index (χ2v) is 14.9. The molecular weight excluding hydrogens is 655 g/mol. The maximum Gasteiger partial charge on any atom is 0.162 e. The standard InChI is InChI=1S/C47H33N3OS/c1-49-25-24-40(32-21-23-45-39(27-32)37-14-4-7-19-44(37)52-45)48-47(49)50-41-17-5-2-12-34(41)35-22-20-30(28-42(35)50)29-10-8-11-31(26-29)33-15-9-16-38-36-13-3-6-18-43(36)51-46(33)38/h2-24,26-28,47-48H,25H2,1H3. The summed E-state index contributed by atoms with van der Waals surface area (Å²) in [6.07, 6.45) is 2.24. The first-order chi connectivity index (χ1) is 25.7. The minimum absolute atomic E-state index is 0.0791.